The van der Waals surface area contributed by atoms with Gasteiger partial charge >= 0.3 is 0 Å². The molecule has 2 N–H and O–H groups in total. The van der Waals surface area contributed by atoms with E-state index in [-0.39, 0.29) is 5.91 Å². The van der Waals surface area contributed by atoms with E-state index in [2.05, 4.69) is 5.32 Å². The van der Waals surface area contributed by atoms with Gasteiger partial charge in [0, 0.05) is 11.1 Å². The van der Waals surface area contributed by atoms with Crippen molar-refractivity contribution in [2.24, 2.45) is 0 Å². The summed E-state index contributed by atoms with van der Waals surface area (Å²) in [6.07, 6.45) is -0.905. The minimum absolute atomic E-state index is 0.245. The fraction of sp³-hybridized carbons (Fsp3) is 0.222. The van der Waals surface area contributed by atoms with Crippen molar-refractivity contribution in [3.63, 3.8) is 0 Å². The molecule has 0 aliphatic carbocycles. The van der Waals surface area contributed by atoms with Crippen LogP contribution >= 0.6 is 0 Å². The van der Waals surface area contributed by atoms with Crippen molar-refractivity contribution in [1.29, 1.82) is 0 Å². The Labute approximate surface area is 75.1 Å². The number of hydrogen-bond donors (Lipinski definition) is 2. The molecule has 1 aromatic rings. The number of carbonyl (C=O) groups excluding carboxylic acids is 1. The number of amides is 1. The summed E-state index contributed by atoms with van der Waals surface area (Å²) in [5, 5.41) is 11.8. The first-order chi connectivity index (χ1) is 6.22. The molecule has 0 aromatic heterocycles. The van der Waals surface area contributed by atoms with Crippen molar-refractivity contribution in [3.8, 4) is 5.75 Å². The maximum absolute atomic E-state index is 11.2. The van der Waals surface area contributed by atoms with Crippen molar-refractivity contribution in [1.82, 2.24) is 5.32 Å². The molecule has 0 saturated heterocycles. The quantitative estimate of drug-likeness (QED) is 0.657. The van der Waals surface area contributed by atoms with Crippen molar-refractivity contribution in [2.45, 2.75) is 6.23 Å². The van der Waals surface area contributed by atoms with E-state index in [1.807, 2.05) is 0 Å². The Morgan fingerprint density at radius 3 is 3.00 bits per heavy atom. The van der Waals surface area contributed by atoms with Gasteiger partial charge in [0.2, 0.25) is 0 Å². The topological polar surface area (TPSA) is 58.6 Å². The zero-order valence-corrected chi connectivity index (χ0v) is 7.07. The van der Waals surface area contributed by atoms with Crippen LogP contribution in [0.3, 0.4) is 0 Å². The van der Waals surface area contributed by atoms with Gasteiger partial charge in [-0.25, -0.2) is 0 Å². The Hall–Kier alpha value is -1.55. The Kier molecular flexibility index (Phi) is 1.70. The van der Waals surface area contributed by atoms with Crippen LogP contribution in [-0.2, 0) is 0 Å². The molecular formula is C9H9NO3. The van der Waals surface area contributed by atoms with E-state index in [1.54, 1.807) is 18.2 Å². The van der Waals surface area contributed by atoms with Gasteiger partial charge in [0.25, 0.3) is 5.91 Å². The average Bonchev–Trinajstić information content (AvgIpc) is 2.42. The lowest BCUT2D eigenvalue weighted by atomic mass is 10.1. The standard InChI is InChI=1S/C9H9NO3/c1-13-5-2-3-6-7(4-5)9(12)10-8(6)11/h2-4,9,12H,1H3,(H,10,11). The summed E-state index contributed by atoms with van der Waals surface area (Å²) in [5.74, 6) is 0.388. The van der Waals surface area contributed by atoms with Crippen LogP contribution in [0.1, 0.15) is 22.1 Å². The molecule has 1 aromatic carbocycles. The molecule has 1 heterocycles. The molecule has 4 nitrogen and oxygen atoms in total. The average molecular weight is 179 g/mol. The summed E-state index contributed by atoms with van der Waals surface area (Å²) in [6.45, 7) is 0. The highest BCUT2D eigenvalue weighted by molar-refractivity contribution is 5.99. The smallest absolute Gasteiger partial charge is 0.253 e. The van der Waals surface area contributed by atoms with Gasteiger partial charge in [-0.05, 0) is 18.2 Å². The maximum Gasteiger partial charge on any atom is 0.253 e. The molecule has 1 aliphatic rings. The van der Waals surface area contributed by atoms with Gasteiger partial charge in [-0.1, -0.05) is 0 Å². The maximum atomic E-state index is 11.2. The number of ether oxygens (including phenoxy) is 1. The van der Waals surface area contributed by atoms with Crippen LogP contribution in [0.2, 0.25) is 0 Å². The molecule has 1 unspecified atom stereocenters. The molecule has 4 heteroatoms. The number of hydrogen-bond acceptors (Lipinski definition) is 3. The van der Waals surface area contributed by atoms with E-state index in [0.29, 0.717) is 16.9 Å². The summed E-state index contributed by atoms with van der Waals surface area (Å²) < 4.78 is 4.97. The number of benzene rings is 1. The third-order valence-electron chi connectivity index (χ3n) is 2.07. The molecule has 1 amide bonds. The lowest BCUT2D eigenvalue weighted by Crippen LogP contribution is -2.17. The zero-order chi connectivity index (χ0) is 9.42. The number of aliphatic hydroxyl groups excluding tert-OH is 1. The number of methoxy groups -OCH3 is 1. The summed E-state index contributed by atoms with van der Waals surface area (Å²) in [7, 11) is 1.54. The van der Waals surface area contributed by atoms with Crippen molar-refractivity contribution >= 4 is 5.91 Å². The predicted octanol–water partition coefficient (Wildman–Crippen LogP) is 0.429. The van der Waals surface area contributed by atoms with Gasteiger partial charge in [0.05, 0.1) is 7.11 Å². The van der Waals surface area contributed by atoms with Gasteiger partial charge in [0.15, 0.2) is 6.23 Å². The summed E-state index contributed by atoms with van der Waals surface area (Å²) >= 11 is 0. The number of rotatable bonds is 1. The summed E-state index contributed by atoms with van der Waals surface area (Å²) in [4.78, 5) is 11.2. The Balaban J connectivity index is 2.52. The van der Waals surface area contributed by atoms with Gasteiger partial charge in [-0.15, -0.1) is 0 Å². The summed E-state index contributed by atoms with van der Waals surface area (Å²) in [6, 6.07) is 4.98. The van der Waals surface area contributed by atoms with Crippen LogP contribution in [0.15, 0.2) is 18.2 Å². The number of nitrogens with one attached hydrogen (secondary N) is 1. The molecule has 1 aliphatic heterocycles. The first kappa shape index (κ1) is 8.07. The molecule has 0 spiro atoms. The van der Waals surface area contributed by atoms with Crippen LogP contribution < -0.4 is 10.1 Å². The van der Waals surface area contributed by atoms with Crippen molar-refractivity contribution in [3.05, 3.63) is 29.3 Å². The van der Waals surface area contributed by atoms with E-state index in [1.165, 1.54) is 7.11 Å². The van der Waals surface area contributed by atoms with Crippen LogP contribution in [-0.4, -0.2) is 18.1 Å². The minimum Gasteiger partial charge on any atom is -0.497 e. The van der Waals surface area contributed by atoms with Gasteiger partial charge in [0.1, 0.15) is 5.75 Å². The van der Waals surface area contributed by atoms with Crippen molar-refractivity contribution < 1.29 is 14.6 Å². The molecule has 68 valence electrons. The first-order valence-corrected chi connectivity index (χ1v) is 3.89. The lowest BCUT2D eigenvalue weighted by molar-refractivity contribution is 0.0850. The Morgan fingerprint density at radius 2 is 2.31 bits per heavy atom. The number of aliphatic hydroxyl groups is 1. The van der Waals surface area contributed by atoms with E-state index in [0.717, 1.165) is 0 Å². The van der Waals surface area contributed by atoms with Crippen LogP contribution in [0, 0.1) is 0 Å². The van der Waals surface area contributed by atoms with E-state index < -0.39 is 6.23 Å². The third-order valence-corrected chi connectivity index (χ3v) is 2.07. The van der Waals surface area contributed by atoms with E-state index in [4.69, 9.17) is 4.74 Å². The van der Waals surface area contributed by atoms with E-state index in [9.17, 15) is 9.90 Å². The molecule has 2 rings (SSSR count). The van der Waals surface area contributed by atoms with E-state index >= 15 is 0 Å². The van der Waals surface area contributed by atoms with Crippen LogP contribution in [0.25, 0.3) is 0 Å². The van der Waals surface area contributed by atoms with Crippen molar-refractivity contribution in [2.75, 3.05) is 7.11 Å². The molecular weight excluding hydrogens is 170 g/mol. The number of fused-ring (bicyclic) bond motifs is 1. The second kappa shape index (κ2) is 2.74. The first-order valence-electron chi connectivity index (χ1n) is 3.89. The normalized spacial score (nSPS) is 19.5. The Morgan fingerprint density at radius 1 is 1.54 bits per heavy atom. The molecule has 0 saturated carbocycles. The highest BCUT2D eigenvalue weighted by Gasteiger charge is 2.26. The van der Waals surface area contributed by atoms with Gasteiger partial charge in [-0.3, -0.25) is 4.79 Å². The van der Waals surface area contributed by atoms with Gasteiger partial charge in [-0.2, -0.15) is 0 Å². The third kappa shape index (κ3) is 1.15. The lowest BCUT2D eigenvalue weighted by Gasteiger charge is -2.04. The largest absolute Gasteiger partial charge is 0.497 e. The molecule has 0 radical (unpaired) electrons. The van der Waals surface area contributed by atoms with Crippen LogP contribution in [0.4, 0.5) is 0 Å². The monoisotopic (exact) mass is 179 g/mol. The molecule has 0 fully saturated rings. The molecule has 13 heavy (non-hydrogen) atoms. The fourth-order valence-electron chi connectivity index (χ4n) is 1.38. The predicted molar refractivity (Wildman–Crippen MR) is 45.4 cm³/mol. The number of carbonyl (C=O) groups is 1. The molecule has 1 atom stereocenters. The highest BCUT2D eigenvalue weighted by Crippen LogP contribution is 2.26. The second-order valence-corrected chi connectivity index (χ2v) is 2.83. The van der Waals surface area contributed by atoms with Gasteiger partial charge < -0.3 is 15.2 Å². The Bertz CT molecular complexity index is 362. The minimum atomic E-state index is -0.905. The highest BCUT2D eigenvalue weighted by atomic mass is 16.5. The molecule has 0 bridgehead atoms. The summed E-state index contributed by atoms with van der Waals surface area (Å²) in [5.41, 5.74) is 1.08. The second-order valence-electron chi connectivity index (χ2n) is 2.83. The fourth-order valence-corrected chi connectivity index (χ4v) is 1.38. The zero-order valence-electron chi connectivity index (χ0n) is 7.07. The van der Waals surface area contributed by atoms with Crippen LogP contribution in [0.5, 0.6) is 5.75 Å². The SMILES string of the molecule is COc1ccc2c(c1)C(O)NC2=O.